The van der Waals surface area contributed by atoms with E-state index in [4.69, 9.17) is 0 Å². The van der Waals surface area contributed by atoms with E-state index >= 15 is 0 Å². The Morgan fingerprint density at radius 2 is 2.28 bits per heavy atom. The molecule has 1 saturated heterocycles. The van der Waals surface area contributed by atoms with Gasteiger partial charge in [-0.2, -0.15) is 16.9 Å². The fourth-order valence-corrected chi connectivity index (χ4v) is 3.53. The third-order valence-corrected chi connectivity index (χ3v) is 4.82. The van der Waals surface area contributed by atoms with E-state index in [1.807, 2.05) is 18.7 Å². The van der Waals surface area contributed by atoms with E-state index in [-0.39, 0.29) is 5.56 Å². The summed E-state index contributed by atoms with van der Waals surface area (Å²) in [5.41, 5.74) is 0.774. The van der Waals surface area contributed by atoms with E-state index in [1.54, 1.807) is 6.20 Å². The third kappa shape index (κ3) is 3.29. The molecule has 0 saturated carbocycles. The molecular weight excluding hydrogens is 314 g/mol. The molecule has 1 aliphatic rings. The van der Waals surface area contributed by atoms with Gasteiger partial charge in [0.15, 0.2) is 0 Å². The molecule has 6 heteroatoms. The van der Waals surface area contributed by atoms with E-state index in [2.05, 4.69) is 26.3 Å². The topological polar surface area (TPSA) is 46.9 Å². The largest absolute Gasteiger partial charge is 0.380 e. The average molecular weight is 332 g/mol. The molecule has 1 aromatic heterocycles. The molecule has 1 N–H and O–H groups in total. The van der Waals surface area contributed by atoms with Gasteiger partial charge in [0.05, 0.1) is 11.9 Å². The molecule has 2 rings (SSSR count). The molecule has 1 aliphatic heterocycles. The molecule has 0 radical (unpaired) electrons. The lowest BCUT2D eigenvalue weighted by Crippen LogP contribution is -2.28. The number of hydrogen-bond donors (Lipinski definition) is 1. The number of halogens is 1. The summed E-state index contributed by atoms with van der Waals surface area (Å²) in [6, 6.07) is 0.464. The molecular formula is C12H18BrN3OS. The van der Waals surface area contributed by atoms with Crippen molar-refractivity contribution in [2.45, 2.75) is 38.8 Å². The Bertz CT molecular complexity index is 457. The number of aromatic nitrogens is 2. The molecule has 1 fully saturated rings. The lowest BCUT2D eigenvalue weighted by Gasteiger charge is -2.24. The summed E-state index contributed by atoms with van der Waals surface area (Å²) >= 11 is 5.38. The summed E-state index contributed by atoms with van der Waals surface area (Å²) < 4.78 is 2.11. The number of anilines is 1. The number of nitrogens with one attached hydrogen (secondary N) is 1. The van der Waals surface area contributed by atoms with Crippen LogP contribution in [0.5, 0.6) is 0 Å². The zero-order valence-electron chi connectivity index (χ0n) is 10.5. The smallest absolute Gasteiger partial charge is 0.283 e. The summed E-state index contributed by atoms with van der Waals surface area (Å²) in [5, 5.41) is 7.62. The normalized spacial score (nSPS) is 16.8. The number of rotatable bonds is 4. The Morgan fingerprint density at radius 3 is 2.94 bits per heavy atom. The van der Waals surface area contributed by atoms with Crippen molar-refractivity contribution < 1.29 is 0 Å². The second kappa shape index (κ2) is 6.61. The highest BCUT2D eigenvalue weighted by molar-refractivity contribution is 9.10. The van der Waals surface area contributed by atoms with Crippen LogP contribution in [-0.2, 0) is 6.54 Å². The molecule has 100 valence electrons. The predicted molar refractivity (Wildman–Crippen MR) is 80.5 cm³/mol. The van der Waals surface area contributed by atoms with E-state index in [9.17, 15) is 4.79 Å². The minimum Gasteiger partial charge on any atom is -0.380 e. The van der Waals surface area contributed by atoms with Crippen LogP contribution >= 0.6 is 27.7 Å². The van der Waals surface area contributed by atoms with Crippen molar-refractivity contribution in [3.05, 3.63) is 21.0 Å². The highest BCUT2D eigenvalue weighted by Gasteiger charge is 2.16. The van der Waals surface area contributed by atoms with Gasteiger partial charge in [-0.15, -0.1) is 0 Å². The minimum atomic E-state index is -0.0490. The Kier molecular flexibility index (Phi) is 5.12. The maximum atomic E-state index is 12.0. The summed E-state index contributed by atoms with van der Waals surface area (Å²) in [4.78, 5) is 12.0. The van der Waals surface area contributed by atoms with Gasteiger partial charge in [-0.25, -0.2) is 4.68 Å². The van der Waals surface area contributed by atoms with Crippen molar-refractivity contribution in [2.75, 3.05) is 16.8 Å². The fourth-order valence-electron chi connectivity index (χ4n) is 2.00. The minimum absolute atomic E-state index is 0.0490. The SMILES string of the molecule is CCCn1ncc(NC2CCSCC2)c(Br)c1=O. The molecule has 0 aromatic carbocycles. The first kappa shape index (κ1) is 13.9. The van der Waals surface area contributed by atoms with E-state index in [0.29, 0.717) is 17.1 Å². The van der Waals surface area contributed by atoms with Crippen LogP contribution < -0.4 is 10.9 Å². The van der Waals surface area contributed by atoms with Crippen molar-refractivity contribution in [3.8, 4) is 0 Å². The van der Waals surface area contributed by atoms with Crippen molar-refractivity contribution in [2.24, 2.45) is 0 Å². The molecule has 0 atom stereocenters. The third-order valence-electron chi connectivity index (χ3n) is 3.00. The molecule has 0 bridgehead atoms. The Labute approximate surface area is 120 Å². The summed E-state index contributed by atoms with van der Waals surface area (Å²) in [7, 11) is 0. The van der Waals surface area contributed by atoms with E-state index < -0.39 is 0 Å². The van der Waals surface area contributed by atoms with Crippen LogP contribution in [-0.4, -0.2) is 27.3 Å². The van der Waals surface area contributed by atoms with Gasteiger partial charge in [0, 0.05) is 12.6 Å². The van der Waals surface area contributed by atoms with Crippen LogP contribution in [0.2, 0.25) is 0 Å². The predicted octanol–water partition coefficient (Wildman–Crippen LogP) is 2.72. The highest BCUT2D eigenvalue weighted by Crippen LogP contribution is 2.23. The molecule has 4 nitrogen and oxygen atoms in total. The Balaban J connectivity index is 2.13. The van der Waals surface area contributed by atoms with Gasteiger partial charge >= 0.3 is 0 Å². The standard InChI is InChI=1S/C12H18BrN3OS/c1-2-5-16-12(17)11(13)10(8-14-16)15-9-3-6-18-7-4-9/h8-9,15H,2-7H2,1H3. The van der Waals surface area contributed by atoms with Crippen molar-refractivity contribution in [1.82, 2.24) is 9.78 Å². The number of nitrogens with zero attached hydrogens (tertiary/aromatic N) is 2. The monoisotopic (exact) mass is 331 g/mol. The summed E-state index contributed by atoms with van der Waals surface area (Å²) in [5.74, 6) is 2.38. The highest BCUT2D eigenvalue weighted by atomic mass is 79.9. The zero-order valence-corrected chi connectivity index (χ0v) is 12.9. The second-order valence-electron chi connectivity index (χ2n) is 4.43. The van der Waals surface area contributed by atoms with Gasteiger partial charge in [0.25, 0.3) is 5.56 Å². The second-order valence-corrected chi connectivity index (χ2v) is 6.45. The molecule has 0 unspecified atom stereocenters. The quantitative estimate of drug-likeness (QED) is 0.921. The van der Waals surface area contributed by atoms with Gasteiger partial charge < -0.3 is 5.32 Å². The van der Waals surface area contributed by atoms with Gasteiger partial charge in [0.1, 0.15) is 4.47 Å². The Hall–Kier alpha value is -0.490. The van der Waals surface area contributed by atoms with Crippen LogP contribution in [0.3, 0.4) is 0 Å². The molecule has 0 aliphatic carbocycles. The number of aryl methyl sites for hydroxylation is 1. The molecule has 0 spiro atoms. The van der Waals surface area contributed by atoms with E-state index in [1.165, 1.54) is 16.2 Å². The molecule has 18 heavy (non-hydrogen) atoms. The van der Waals surface area contributed by atoms with Gasteiger partial charge in [-0.05, 0) is 46.7 Å². The van der Waals surface area contributed by atoms with Gasteiger partial charge in [-0.3, -0.25) is 4.79 Å². The maximum Gasteiger partial charge on any atom is 0.283 e. The summed E-state index contributed by atoms with van der Waals surface area (Å²) in [6.07, 6.45) is 4.96. The lowest BCUT2D eigenvalue weighted by atomic mass is 10.1. The molecule has 0 amide bonds. The average Bonchev–Trinajstić information content (AvgIpc) is 2.40. The van der Waals surface area contributed by atoms with Gasteiger partial charge in [0.2, 0.25) is 0 Å². The van der Waals surface area contributed by atoms with Crippen molar-refractivity contribution in [3.63, 3.8) is 0 Å². The van der Waals surface area contributed by atoms with Crippen LogP contribution in [0.15, 0.2) is 15.5 Å². The summed E-state index contributed by atoms with van der Waals surface area (Å²) in [6.45, 7) is 2.70. The molecule has 2 heterocycles. The lowest BCUT2D eigenvalue weighted by molar-refractivity contribution is 0.564. The van der Waals surface area contributed by atoms with E-state index in [0.717, 1.165) is 24.9 Å². The first-order chi connectivity index (χ1) is 8.72. The van der Waals surface area contributed by atoms with Crippen LogP contribution in [0.1, 0.15) is 26.2 Å². The van der Waals surface area contributed by atoms with Gasteiger partial charge in [-0.1, -0.05) is 6.92 Å². The first-order valence-corrected chi connectivity index (χ1v) is 8.27. The number of thioether (sulfide) groups is 1. The zero-order chi connectivity index (χ0) is 13.0. The Morgan fingerprint density at radius 1 is 1.56 bits per heavy atom. The number of hydrogen-bond acceptors (Lipinski definition) is 4. The van der Waals surface area contributed by atoms with Crippen LogP contribution in [0.25, 0.3) is 0 Å². The van der Waals surface area contributed by atoms with Crippen molar-refractivity contribution >= 4 is 33.4 Å². The van der Waals surface area contributed by atoms with Crippen LogP contribution in [0, 0.1) is 0 Å². The maximum absolute atomic E-state index is 12.0. The molecule has 1 aromatic rings. The van der Waals surface area contributed by atoms with Crippen molar-refractivity contribution in [1.29, 1.82) is 0 Å². The fraction of sp³-hybridized carbons (Fsp3) is 0.667. The first-order valence-electron chi connectivity index (χ1n) is 6.32. The van der Waals surface area contributed by atoms with Crippen LogP contribution in [0.4, 0.5) is 5.69 Å².